The number of rotatable bonds is 3. The minimum Gasteiger partial charge on any atom is -0.376 e. The van der Waals surface area contributed by atoms with Crippen LogP contribution in [0.1, 0.15) is 24.2 Å². The minimum absolute atomic E-state index is 0.00667. The highest BCUT2D eigenvalue weighted by atomic mass is 19.1. The predicted octanol–water partition coefficient (Wildman–Crippen LogP) is 2.26. The van der Waals surface area contributed by atoms with Crippen molar-refractivity contribution in [3.63, 3.8) is 0 Å². The van der Waals surface area contributed by atoms with E-state index in [-0.39, 0.29) is 18.7 Å². The second-order valence-electron chi connectivity index (χ2n) is 4.94. The first kappa shape index (κ1) is 14.1. The van der Waals surface area contributed by atoms with Crippen LogP contribution in [0.15, 0.2) is 18.2 Å². The summed E-state index contributed by atoms with van der Waals surface area (Å²) in [5.41, 5.74) is -0.450. The molecule has 1 heterocycles. The van der Waals surface area contributed by atoms with Gasteiger partial charge in [0.05, 0.1) is 24.8 Å². The number of benzene rings is 1. The summed E-state index contributed by atoms with van der Waals surface area (Å²) in [6.07, 6.45) is 0.0227. The van der Waals surface area contributed by atoms with Crippen molar-refractivity contribution in [1.82, 2.24) is 4.90 Å². The Labute approximate surface area is 111 Å². The molecule has 1 aliphatic heterocycles. The Morgan fingerprint density at radius 3 is 2.63 bits per heavy atom. The SMILES string of the molecule is CC1CN(CC(=O)c2c(F)cccc2F)C(C)CO1. The standard InChI is InChI=1S/C14H17F2NO2/c1-9-8-19-10(2)6-17(9)7-13(18)14-11(15)4-3-5-12(14)16/h3-5,9-10H,6-8H2,1-2H3. The Hall–Kier alpha value is -1.33. The van der Waals surface area contributed by atoms with Gasteiger partial charge >= 0.3 is 0 Å². The molecule has 0 bridgehead atoms. The molecule has 2 unspecified atom stereocenters. The molecule has 0 saturated carbocycles. The van der Waals surface area contributed by atoms with E-state index in [0.717, 1.165) is 12.1 Å². The molecule has 0 N–H and O–H groups in total. The van der Waals surface area contributed by atoms with Crippen LogP contribution in [-0.2, 0) is 4.74 Å². The van der Waals surface area contributed by atoms with Gasteiger partial charge in [-0.1, -0.05) is 6.07 Å². The molecule has 1 saturated heterocycles. The first-order valence-corrected chi connectivity index (χ1v) is 6.32. The molecule has 2 atom stereocenters. The number of nitrogens with zero attached hydrogens (tertiary/aromatic N) is 1. The summed E-state index contributed by atoms with van der Waals surface area (Å²) in [7, 11) is 0. The lowest BCUT2D eigenvalue weighted by Gasteiger charge is -2.36. The summed E-state index contributed by atoms with van der Waals surface area (Å²) in [6.45, 7) is 4.95. The lowest BCUT2D eigenvalue weighted by Crippen LogP contribution is -2.49. The lowest BCUT2D eigenvalue weighted by atomic mass is 10.1. The van der Waals surface area contributed by atoms with Crippen molar-refractivity contribution in [2.45, 2.75) is 26.0 Å². The Morgan fingerprint density at radius 2 is 2.00 bits per heavy atom. The quantitative estimate of drug-likeness (QED) is 0.788. The van der Waals surface area contributed by atoms with Crippen molar-refractivity contribution in [3.05, 3.63) is 35.4 Å². The molecular weight excluding hydrogens is 252 g/mol. The first-order valence-electron chi connectivity index (χ1n) is 6.32. The van der Waals surface area contributed by atoms with Crippen molar-refractivity contribution >= 4 is 5.78 Å². The summed E-state index contributed by atoms with van der Waals surface area (Å²) in [5.74, 6) is -2.14. The van der Waals surface area contributed by atoms with Crippen molar-refractivity contribution in [2.24, 2.45) is 0 Å². The van der Waals surface area contributed by atoms with Gasteiger partial charge in [0, 0.05) is 12.6 Å². The zero-order valence-electron chi connectivity index (χ0n) is 11.0. The minimum atomic E-state index is -0.807. The summed E-state index contributed by atoms with van der Waals surface area (Å²) in [4.78, 5) is 13.9. The Kier molecular flexibility index (Phi) is 4.27. The summed E-state index contributed by atoms with van der Waals surface area (Å²) < 4.78 is 32.5. The zero-order valence-corrected chi connectivity index (χ0v) is 11.0. The molecule has 0 aromatic heterocycles. The van der Waals surface area contributed by atoms with Crippen molar-refractivity contribution in [1.29, 1.82) is 0 Å². The fraction of sp³-hybridized carbons (Fsp3) is 0.500. The third-order valence-corrected chi connectivity index (χ3v) is 3.33. The number of hydrogen-bond acceptors (Lipinski definition) is 3. The van der Waals surface area contributed by atoms with Crippen LogP contribution >= 0.6 is 0 Å². The molecule has 1 fully saturated rings. The molecule has 5 heteroatoms. The predicted molar refractivity (Wildman–Crippen MR) is 67.1 cm³/mol. The van der Waals surface area contributed by atoms with E-state index in [2.05, 4.69) is 0 Å². The van der Waals surface area contributed by atoms with Crippen LogP contribution in [-0.4, -0.2) is 42.5 Å². The summed E-state index contributed by atoms with van der Waals surface area (Å²) in [6, 6.07) is 3.51. The molecule has 2 rings (SSSR count). The van der Waals surface area contributed by atoms with E-state index < -0.39 is 23.0 Å². The third-order valence-electron chi connectivity index (χ3n) is 3.33. The smallest absolute Gasteiger partial charge is 0.182 e. The molecular formula is C14H17F2NO2. The van der Waals surface area contributed by atoms with Crippen LogP contribution in [0.25, 0.3) is 0 Å². The molecule has 0 aliphatic carbocycles. The fourth-order valence-corrected chi connectivity index (χ4v) is 2.22. The third kappa shape index (κ3) is 3.16. The molecule has 0 amide bonds. The number of hydrogen-bond donors (Lipinski definition) is 0. The Bertz CT molecular complexity index is 458. The Morgan fingerprint density at radius 1 is 1.37 bits per heavy atom. The average Bonchev–Trinajstić information content (AvgIpc) is 2.33. The van der Waals surface area contributed by atoms with Gasteiger partial charge in [-0.25, -0.2) is 8.78 Å². The van der Waals surface area contributed by atoms with E-state index in [0.29, 0.717) is 13.2 Å². The number of ketones is 1. The number of Topliss-reactive ketones (excluding diaryl/α,β-unsaturated/α-hetero) is 1. The highest BCUT2D eigenvalue weighted by Gasteiger charge is 2.27. The number of halogens is 2. The van der Waals surface area contributed by atoms with Gasteiger partial charge in [0.15, 0.2) is 5.78 Å². The highest BCUT2D eigenvalue weighted by molar-refractivity contribution is 5.98. The van der Waals surface area contributed by atoms with Gasteiger partial charge in [-0.2, -0.15) is 0 Å². The lowest BCUT2D eigenvalue weighted by molar-refractivity contribution is -0.0460. The maximum atomic E-state index is 13.5. The Balaban J connectivity index is 2.12. The molecule has 0 spiro atoms. The zero-order chi connectivity index (χ0) is 14.0. The van der Waals surface area contributed by atoms with Gasteiger partial charge in [0.2, 0.25) is 0 Å². The van der Waals surface area contributed by atoms with Crippen LogP contribution in [0.5, 0.6) is 0 Å². The maximum Gasteiger partial charge on any atom is 0.182 e. The van der Waals surface area contributed by atoms with E-state index in [1.807, 2.05) is 18.7 Å². The first-order chi connectivity index (χ1) is 8.99. The molecule has 104 valence electrons. The van der Waals surface area contributed by atoms with E-state index in [1.54, 1.807) is 0 Å². The summed E-state index contributed by atoms with van der Waals surface area (Å²) >= 11 is 0. The molecule has 1 aromatic carbocycles. The second kappa shape index (κ2) is 5.75. The number of ether oxygens (including phenoxy) is 1. The van der Waals surface area contributed by atoms with Gasteiger partial charge in [-0.3, -0.25) is 9.69 Å². The summed E-state index contributed by atoms with van der Waals surface area (Å²) in [5, 5.41) is 0. The van der Waals surface area contributed by atoms with Crippen molar-refractivity contribution in [2.75, 3.05) is 19.7 Å². The van der Waals surface area contributed by atoms with Crippen molar-refractivity contribution < 1.29 is 18.3 Å². The monoisotopic (exact) mass is 269 g/mol. The van der Waals surface area contributed by atoms with Crippen LogP contribution in [0.3, 0.4) is 0 Å². The highest BCUT2D eigenvalue weighted by Crippen LogP contribution is 2.16. The fourth-order valence-electron chi connectivity index (χ4n) is 2.22. The normalized spacial score (nSPS) is 24.4. The van der Waals surface area contributed by atoms with Gasteiger partial charge in [0.25, 0.3) is 0 Å². The molecule has 0 radical (unpaired) electrons. The van der Waals surface area contributed by atoms with Gasteiger partial charge in [-0.15, -0.1) is 0 Å². The van der Waals surface area contributed by atoms with Crippen LogP contribution in [0.2, 0.25) is 0 Å². The van der Waals surface area contributed by atoms with E-state index in [4.69, 9.17) is 4.74 Å². The van der Waals surface area contributed by atoms with Gasteiger partial charge in [-0.05, 0) is 26.0 Å². The molecule has 3 nitrogen and oxygen atoms in total. The largest absolute Gasteiger partial charge is 0.376 e. The number of morpholine rings is 1. The maximum absolute atomic E-state index is 13.5. The molecule has 19 heavy (non-hydrogen) atoms. The van der Waals surface area contributed by atoms with Crippen LogP contribution in [0, 0.1) is 11.6 Å². The van der Waals surface area contributed by atoms with E-state index >= 15 is 0 Å². The van der Waals surface area contributed by atoms with Crippen LogP contribution < -0.4 is 0 Å². The average molecular weight is 269 g/mol. The van der Waals surface area contributed by atoms with E-state index in [9.17, 15) is 13.6 Å². The topological polar surface area (TPSA) is 29.5 Å². The van der Waals surface area contributed by atoms with Gasteiger partial charge in [0.1, 0.15) is 11.6 Å². The van der Waals surface area contributed by atoms with E-state index in [1.165, 1.54) is 6.07 Å². The number of carbonyl (C=O) groups excluding carboxylic acids is 1. The number of carbonyl (C=O) groups is 1. The molecule has 1 aliphatic rings. The van der Waals surface area contributed by atoms with Crippen LogP contribution in [0.4, 0.5) is 8.78 Å². The second-order valence-corrected chi connectivity index (χ2v) is 4.94. The molecule has 1 aromatic rings. The van der Waals surface area contributed by atoms with Gasteiger partial charge < -0.3 is 4.74 Å². The van der Waals surface area contributed by atoms with Crippen molar-refractivity contribution in [3.8, 4) is 0 Å².